The zero-order valence-electron chi connectivity index (χ0n) is 6.90. The Kier molecular flexibility index (Phi) is 2.99. The molecule has 0 spiro atoms. The molecule has 1 fully saturated rings. The first-order valence-electron chi connectivity index (χ1n) is 4.30. The van der Waals surface area contributed by atoms with Crippen LogP contribution in [-0.2, 0) is 0 Å². The molecule has 0 aliphatic heterocycles. The van der Waals surface area contributed by atoms with E-state index >= 15 is 0 Å². The summed E-state index contributed by atoms with van der Waals surface area (Å²) >= 11 is 0. The average molecular weight is 181 g/mol. The summed E-state index contributed by atoms with van der Waals surface area (Å²) in [5.74, 6) is 0.210. The van der Waals surface area contributed by atoms with Gasteiger partial charge >= 0.3 is 6.18 Å². The minimum Gasteiger partial charge on any atom is -0.328 e. The first kappa shape index (κ1) is 9.84. The van der Waals surface area contributed by atoms with Crippen molar-refractivity contribution in [2.75, 3.05) is 0 Å². The topological polar surface area (TPSA) is 26.0 Å². The molecule has 0 heterocycles. The summed E-state index contributed by atoms with van der Waals surface area (Å²) in [5, 5.41) is 0. The minimum atomic E-state index is -3.99. The fourth-order valence-electron chi connectivity index (χ4n) is 1.74. The fourth-order valence-corrected chi connectivity index (χ4v) is 1.74. The maximum atomic E-state index is 11.8. The lowest BCUT2D eigenvalue weighted by Crippen LogP contribution is -2.15. The van der Waals surface area contributed by atoms with Crippen molar-refractivity contribution in [3.63, 3.8) is 0 Å². The van der Waals surface area contributed by atoms with Crippen LogP contribution in [0.25, 0.3) is 0 Å². The van der Waals surface area contributed by atoms with E-state index in [0.29, 0.717) is 0 Å². The van der Waals surface area contributed by atoms with E-state index in [1.165, 1.54) is 0 Å². The lowest BCUT2D eigenvalue weighted by Gasteiger charge is -2.10. The predicted octanol–water partition coefficient (Wildman–Crippen LogP) is 2.46. The van der Waals surface area contributed by atoms with Crippen molar-refractivity contribution >= 4 is 0 Å². The summed E-state index contributed by atoms with van der Waals surface area (Å²) in [6.45, 7) is 0. The lowest BCUT2D eigenvalue weighted by molar-refractivity contribution is -0.137. The Hall–Kier alpha value is -0.250. The largest absolute Gasteiger partial charge is 0.389 e. The van der Waals surface area contributed by atoms with Gasteiger partial charge < -0.3 is 5.73 Å². The molecule has 0 radical (unpaired) electrons. The van der Waals surface area contributed by atoms with Gasteiger partial charge in [-0.2, -0.15) is 13.2 Å². The molecule has 12 heavy (non-hydrogen) atoms. The van der Waals surface area contributed by atoms with E-state index < -0.39 is 12.6 Å². The molecule has 1 rings (SSSR count). The van der Waals surface area contributed by atoms with Crippen LogP contribution in [0, 0.1) is 5.92 Å². The van der Waals surface area contributed by atoms with E-state index in [1.807, 2.05) is 0 Å². The van der Waals surface area contributed by atoms with Gasteiger partial charge in [-0.3, -0.25) is 0 Å². The van der Waals surface area contributed by atoms with E-state index in [9.17, 15) is 13.2 Å². The van der Waals surface area contributed by atoms with Gasteiger partial charge in [0.05, 0.1) is 0 Å². The monoisotopic (exact) mass is 181 g/mol. The molecule has 1 saturated carbocycles. The number of hydrogen-bond donors (Lipinski definition) is 1. The first-order chi connectivity index (χ1) is 5.47. The molecule has 4 heteroatoms. The van der Waals surface area contributed by atoms with Gasteiger partial charge in [0.15, 0.2) is 0 Å². The van der Waals surface area contributed by atoms with Gasteiger partial charge in [-0.15, -0.1) is 0 Å². The van der Waals surface area contributed by atoms with Gasteiger partial charge in [-0.1, -0.05) is 0 Å². The molecule has 0 aromatic carbocycles. The highest BCUT2D eigenvalue weighted by Gasteiger charge is 2.30. The standard InChI is InChI=1S/C8H14F3N/c9-8(10,11)4-3-6-1-2-7(12)5-6/h6-7H,1-5,12H2. The fraction of sp³-hybridized carbons (Fsp3) is 1.00. The van der Waals surface area contributed by atoms with Crippen LogP contribution < -0.4 is 5.73 Å². The quantitative estimate of drug-likeness (QED) is 0.695. The number of halogens is 3. The Bertz CT molecular complexity index is 144. The van der Waals surface area contributed by atoms with Crippen molar-refractivity contribution < 1.29 is 13.2 Å². The van der Waals surface area contributed by atoms with Gasteiger partial charge in [-0.25, -0.2) is 0 Å². The smallest absolute Gasteiger partial charge is 0.328 e. The molecule has 1 aliphatic rings. The SMILES string of the molecule is NC1CCC(CCC(F)(F)F)C1. The molecule has 0 bridgehead atoms. The number of nitrogens with two attached hydrogens (primary N) is 1. The lowest BCUT2D eigenvalue weighted by atomic mass is 10.0. The summed E-state index contributed by atoms with van der Waals surface area (Å²) in [6.07, 6.45) is -1.84. The Morgan fingerprint density at radius 3 is 2.33 bits per heavy atom. The second-order valence-electron chi connectivity index (χ2n) is 3.59. The Balaban J connectivity index is 2.16. The maximum absolute atomic E-state index is 11.8. The highest BCUT2D eigenvalue weighted by molar-refractivity contribution is 4.78. The van der Waals surface area contributed by atoms with Crippen LogP contribution in [0.3, 0.4) is 0 Å². The van der Waals surface area contributed by atoms with Crippen molar-refractivity contribution in [1.82, 2.24) is 0 Å². The summed E-state index contributed by atoms with van der Waals surface area (Å²) in [6, 6.07) is 0.142. The zero-order chi connectivity index (χ0) is 9.19. The molecule has 0 amide bonds. The van der Waals surface area contributed by atoms with Crippen molar-refractivity contribution in [3.05, 3.63) is 0 Å². The predicted molar refractivity (Wildman–Crippen MR) is 40.6 cm³/mol. The van der Waals surface area contributed by atoms with Crippen LogP contribution in [0.1, 0.15) is 32.1 Å². The van der Waals surface area contributed by atoms with Gasteiger partial charge in [0.25, 0.3) is 0 Å². The third-order valence-corrected chi connectivity index (χ3v) is 2.42. The van der Waals surface area contributed by atoms with Crippen LogP contribution in [0.5, 0.6) is 0 Å². The number of alkyl halides is 3. The van der Waals surface area contributed by atoms with Gasteiger partial charge in [0.1, 0.15) is 0 Å². The van der Waals surface area contributed by atoms with E-state index in [-0.39, 0.29) is 18.4 Å². The molecular formula is C8H14F3N. The van der Waals surface area contributed by atoms with Crippen molar-refractivity contribution in [3.8, 4) is 0 Å². The van der Waals surface area contributed by atoms with Crippen LogP contribution in [-0.4, -0.2) is 12.2 Å². The summed E-state index contributed by atoms with van der Waals surface area (Å²) in [5.41, 5.74) is 5.58. The molecule has 0 saturated heterocycles. The molecule has 0 aromatic rings. The third kappa shape index (κ3) is 3.43. The van der Waals surface area contributed by atoms with Crippen LogP contribution in [0.4, 0.5) is 13.2 Å². The molecular weight excluding hydrogens is 167 g/mol. The second kappa shape index (κ2) is 3.64. The van der Waals surface area contributed by atoms with Crippen LogP contribution in [0.2, 0.25) is 0 Å². The van der Waals surface area contributed by atoms with Gasteiger partial charge in [-0.05, 0) is 31.6 Å². The van der Waals surface area contributed by atoms with E-state index in [2.05, 4.69) is 0 Å². The third-order valence-electron chi connectivity index (χ3n) is 2.42. The average Bonchev–Trinajstić information content (AvgIpc) is 2.30. The van der Waals surface area contributed by atoms with E-state index in [0.717, 1.165) is 19.3 Å². The Morgan fingerprint density at radius 2 is 1.92 bits per heavy atom. The Labute approximate surface area is 70.1 Å². The highest BCUT2D eigenvalue weighted by Crippen LogP contribution is 2.32. The molecule has 2 unspecified atom stereocenters. The van der Waals surface area contributed by atoms with E-state index in [4.69, 9.17) is 5.73 Å². The minimum absolute atomic E-state index is 0.142. The normalized spacial score (nSPS) is 31.0. The van der Waals surface area contributed by atoms with Crippen LogP contribution in [0.15, 0.2) is 0 Å². The molecule has 1 nitrogen and oxygen atoms in total. The molecule has 0 aromatic heterocycles. The summed E-state index contributed by atoms with van der Waals surface area (Å²) < 4.78 is 35.3. The summed E-state index contributed by atoms with van der Waals surface area (Å²) in [4.78, 5) is 0. The highest BCUT2D eigenvalue weighted by atomic mass is 19.4. The van der Waals surface area contributed by atoms with Crippen molar-refractivity contribution in [2.24, 2.45) is 11.7 Å². The Morgan fingerprint density at radius 1 is 1.25 bits per heavy atom. The zero-order valence-corrected chi connectivity index (χ0v) is 6.90. The van der Waals surface area contributed by atoms with Crippen molar-refractivity contribution in [2.45, 2.75) is 44.3 Å². The second-order valence-corrected chi connectivity index (χ2v) is 3.59. The maximum Gasteiger partial charge on any atom is 0.389 e. The molecule has 72 valence electrons. The summed E-state index contributed by atoms with van der Waals surface area (Å²) in [7, 11) is 0. The number of rotatable bonds is 2. The molecule has 1 aliphatic carbocycles. The molecule has 2 atom stereocenters. The van der Waals surface area contributed by atoms with Crippen molar-refractivity contribution in [1.29, 1.82) is 0 Å². The first-order valence-corrected chi connectivity index (χ1v) is 4.30. The van der Waals surface area contributed by atoms with E-state index in [1.54, 1.807) is 0 Å². The molecule has 2 N–H and O–H groups in total. The number of hydrogen-bond acceptors (Lipinski definition) is 1. The van der Waals surface area contributed by atoms with Crippen LogP contribution >= 0.6 is 0 Å². The van der Waals surface area contributed by atoms with Gasteiger partial charge in [0.2, 0.25) is 0 Å². The van der Waals surface area contributed by atoms with Gasteiger partial charge in [0, 0.05) is 12.5 Å².